The van der Waals surface area contributed by atoms with Crippen molar-refractivity contribution in [2.75, 3.05) is 0 Å². The van der Waals surface area contributed by atoms with Gasteiger partial charge in [-0.15, -0.1) is 11.3 Å². The van der Waals surface area contributed by atoms with E-state index in [1.807, 2.05) is 60.0 Å². The number of hydrogen-bond acceptors (Lipinski definition) is 4. The van der Waals surface area contributed by atoms with E-state index in [9.17, 15) is 9.18 Å². The topological polar surface area (TPSA) is 42.4 Å². The molecule has 2 aromatic carbocycles. The zero-order valence-electron chi connectivity index (χ0n) is 17.9. The number of hydrogen-bond donors (Lipinski definition) is 0. The number of thiophene rings is 1. The maximum atomic E-state index is 13.0. The van der Waals surface area contributed by atoms with Gasteiger partial charge in [0.05, 0.1) is 0 Å². The molecule has 33 heavy (non-hydrogen) atoms. The highest BCUT2D eigenvalue weighted by Gasteiger charge is 2.13. The number of aromatic nitrogens is 1. The van der Waals surface area contributed by atoms with Gasteiger partial charge in [-0.05, 0) is 64.5 Å². The summed E-state index contributed by atoms with van der Waals surface area (Å²) >= 11 is 1.59. The van der Waals surface area contributed by atoms with Crippen molar-refractivity contribution in [3.63, 3.8) is 0 Å². The quantitative estimate of drug-likeness (QED) is 0.285. The molecule has 166 valence electrons. The van der Waals surface area contributed by atoms with Gasteiger partial charge in [0, 0.05) is 36.4 Å². The van der Waals surface area contributed by atoms with E-state index in [4.69, 9.17) is 4.74 Å². The maximum absolute atomic E-state index is 13.0. The summed E-state index contributed by atoms with van der Waals surface area (Å²) < 4.78 is 18.8. The summed E-state index contributed by atoms with van der Waals surface area (Å²) in [6.45, 7) is 1.28. The minimum Gasteiger partial charge on any atom is -0.489 e. The second-order valence-electron chi connectivity index (χ2n) is 7.46. The molecule has 4 nitrogen and oxygen atoms in total. The first-order chi connectivity index (χ1) is 16.2. The Labute approximate surface area is 196 Å². The summed E-state index contributed by atoms with van der Waals surface area (Å²) in [5, 5.41) is 1.98. The molecule has 0 aliphatic heterocycles. The Morgan fingerprint density at radius 3 is 2.39 bits per heavy atom. The van der Waals surface area contributed by atoms with E-state index in [0.717, 1.165) is 21.6 Å². The molecule has 2 heterocycles. The molecule has 0 aliphatic carbocycles. The minimum atomic E-state index is -0.265. The zero-order chi connectivity index (χ0) is 22.9. The summed E-state index contributed by atoms with van der Waals surface area (Å²) in [5.74, 6) is 0.383. The molecule has 0 bridgehead atoms. The Morgan fingerprint density at radius 1 is 0.939 bits per heavy atom. The second kappa shape index (κ2) is 11.2. The molecule has 0 atom stereocenters. The average molecular weight is 459 g/mol. The molecule has 0 saturated carbocycles. The second-order valence-corrected chi connectivity index (χ2v) is 8.44. The van der Waals surface area contributed by atoms with Gasteiger partial charge in [-0.1, -0.05) is 36.4 Å². The number of halogens is 1. The van der Waals surface area contributed by atoms with Crippen molar-refractivity contribution in [2.45, 2.75) is 19.7 Å². The van der Waals surface area contributed by atoms with Crippen LogP contribution in [0, 0.1) is 5.82 Å². The fourth-order valence-corrected chi connectivity index (χ4v) is 3.85. The molecule has 0 aliphatic rings. The van der Waals surface area contributed by atoms with E-state index in [-0.39, 0.29) is 11.7 Å². The van der Waals surface area contributed by atoms with Crippen LogP contribution >= 0.6 is 11.3 Å². The van der Waals surface area contributed by atoms with Gasteiger partial charge in [0.15, 0.2) is 0 Å². The molecule has 0 N–H and O–H groups in total. The number of pyridine rings is 1. The number of carbonyl (C=O) groups excluding carboxylic acids is 1. The lowest BCUT2D eigenvalue weighted by molar-refractivity contribution is -0.127. The molecule has 4 aromatic rings. The summed E-state index contributed by atoms with van der Waals surface area (Å²) in [6.07, 6.45) is 6.95. The Kier molecular flexibility index (Phi) is 7.61. The minimum absolute atomic E-state index is 0.0658. The van der Waals surface area contributed by atoms with Crippen LogP contribution in [-0.4, -0.2) is 15.8 Å². The van der Waals surface area contributed by atoms with Crippen molar-refractivity contribution >= 4 is 23.3 Å². The van der Waals surface area contributed by atoms with Gasteiger partial charge in [0.2, 0.25) is 5.91 Å². The van der Waals surface area contributed by atoms with Crippen LogP contribution in [0.1, 0.15) is 21.6 Å². The molecular weight excluding hydrogens is 435 g/mol. The summed E-state index contributed by atoms with van der Waals surface area (Å²) in [4.78, 5) is 20.0. The number of rotatable bonds is 9. The number of benzene rings is 2. The Hall–Kier alpha value is -3.77. The number of carbonyl (C=O) groups is 1. The van der Waals surface area contributed by atoms with Crippen molar-refractivity contribution in [2.24, 2.45) is 0 Å². The fourth-order valence-electron chi connectivity index (χ4n) is 3.23. The van der Waals surface area contributed by atoms with Gasteiger partial charge < -0.3 is 9.64 Å². The van der Waals surface area contributed by atoms with Gasteiger partial charge in [-0.2, -0.15) is 0 Å². The molecule has 6 heteroatoms. The first kappa shape index (κ1) is 22.4. The van der Waals surface area contributed by atoms with Gasteiger partial charge in [-0.3, -0.25) is 9.78 Å². The predicted octanol–water partition coefficient (Wildman–Crippen LogP) is 6.10. The SMILES string of the molecule is O=C(C=Cc1cccs1)N(Cc1ccc(OCc2ccc(F)cc2)cc1)Cc1cccnc1. The number of amides is 1. The van der Waals surface area contributed by atoms with E-state index in [1.165, 1.54) is 12.1 Å². The Balaban J connectivity index is 1.42. The third-order valence-electron chi connectivity index (χ3n) is 4.96. The van der Waals surface area contributed by atoms with E-state index in [1.54, 1.807) is 46.8 Å². The molecule has 0 spiro atoms. The summed E-state index contributed by atoms with van der Waals surface area (Å²) in [7, 11) is 0. The van der Waals surface area contributed by atoms with Crippen molar-refractivity contribution in [1.29, 1.82) is 0 Å². The van der Waals surface area contributed by atoms with Crippen molar-refractivity contribution in [1.82, 2.24) is 9.88 Å². The first-order valence-corrected chi connectivity index (χ1v) is 11.4. The van der Waals surface area contributed by atoms with Gasteiger partial charge in [0.25, 0.3) is 0 Å². The fraction of sp³-hybridized carbons (Fsp3) is 0.111. The molecule has 4 rings (SSSR count). The summed E-state index contributed by atoms with van der Waals surface area (Å²) in [5.41, 5.74) is 2.85. The molecule has 1 amide bonds. The van der Waals surface area contributed by atoms with Crippen LogP contribution in [0.25, 0.3) is 6.08 Å². The highest BCUT2D eigenvalue weighted by Crippen LogP contribution is 2.18. The largest absolute Gasteiger partial charge is 0.489 e. The van der Waals surface area contributed by atoms with Crippen LogP contribution in [0.4, 0.5) is 4.39 Å². The van der Waals surface area contributed by atoms with Crippen LogP contribution < -0.4 is 4.74 Å². The van der Waals surface area contributed by atoms with Gasteiger partial charge >= 0.3 is 0 Å². The highest BCUT2D eigenvalue weighted by molar-refractivity contribution is 7.10. The third kappa shape index (κ3) is 6.85. The lowest BCUT2D eigenvalue weighted by atomic mass is 10.1. The molecule has 0 radical (unpaired) electrons. The van der Waals surface area contributed by atoms with Crippen LogP contribution in [-0.2, 0) is 24.5 Å². The average Bonchev–Trinajstić information content (AvgIpc) is 3.37. The Bertz CT molecular complexity index is 1180. The summed E-state index contributed by atoms with van der Waals surface area (Å²) in [6, 6.07) is 21.7. The number of ether oxygens (including phenoxy) is 1. The molecular formula is C27H23FN2O2S. The predicted molar refractivity (Wildman–Crippen MR) is 129 cm³/mol. The normalized spacial score (nSPS) is 10.9. The third-order valence-corrected chi connectivity index (χ3v) is 5.79. The van der Waals surface area contributed by atoms with Crippen LogP contribution in [0.5, 0.6) is 5.75 Å². The van der Waals surface area contributed by atoms with Crippen molar-refractivity contribution < 1.29 is 13.9 Å². The van der Waals surface area contributed by atoms with Crippen molar-refractivity contribution in [3.05, 3.63) is 124 Å². The van der Waals surface area contributed by atoms with E-state index in [0.29, 0.717) is 25.4 Å². The monoisotopic (exact) mass is 458 g/mol. The number of nitrogens with zero attached hydrogens (tertiary/aromatic N) is 2. The smallest absolute Gasteiger partial charge is 0.247 e. The Morgan fingerprint density at radius 2 is 1.70 bits per heavy atom. The lowest BCUT2D eigenvalue weighted by Crippen LogP contribution is -2.28. The maximum Gasteiger partial charge on any atom is 0.247 e. The van der Waals surface area contributed by atoms with Crippen molar-refractivity contribution in [3.8, 4) is 5.75 Å². The van der Waals surface area contributed by atoms with E-state index >= 15 is 0 Å². The molecule has 0 fully saturated rings. The van der Waals surface area contributed by atoms with Gasteiger partial charge in [0.1, 0.15) is 18.2 Å². The zero-order valence-corrected chi connectivity index (χ0v) is 18.7. The highest BCUT2D eigenvalue weighted by atomic mass is 32.1. The lowest BCUT2D eigenvalue weighted by Gasteiger charge is -2.21. The standard InChI is InChI=1S/C27H23FN2O2S/c28-24-9-5-22(6-10-24)20-32-25-11-7-21(8-12-25)18-30(19-23-3-1-15-29-17-23)27(31)14-13-26-4-2-16-33-26/h1-17H,18-20H2. The molecule has 0 unspecified atom stereocenters. The van der Waals surface area contributed by atoms with Gasteiger partial charge in [-0.25, -0.2) is 4.39 Å². The van der Waals surface area contributed by atoms with E-state index < -0.39 is 0 Å². The van der Waals surface area contributed by atoms with Crippen LogP contribution in [0.2, 0.25) is 0 Å². The molecule has 2 aromatic heterocycles. The first-order valence-electron chi connectivity index (χ1n) is 10.5. The molecule has 0 saturated heterocycles. The van der Waals surface area contributed by atoms with E-state index in [2.05, 4.69) is 4.98 Å². The van der Waals surface area contributed by atoms with Crippen LogP contribution in [0.15, 0.2) is 96.6 Å². The van der Waals surface area contributed by atoms with Crippen LogP contribution in [0.3, 0.4) is 0 Å².